The quantitative estimate of drug-likeness (QED) is 0.805. The number of piperidine rings is 1. The second-order valence-electron chi connectivity index (χ2n) is 7.24. The smallest absolute Gasteiger partial charge is 0.310 e. The number of rotatable bonds is 4. The number of hydrogen-bond acceptors (Lipinski definition) is 5. The third-order valence-corrected chi connectivity index (χ3v) is 6.98. The molecule has 1 fully saturated rings. The highest BCUT2D eigenvalue weighted by Gasteiger charge is 2.40. The highest BCUT2D eigenvalue weighted by atomic mass is 32.2. The van der Waals surface area contributed by atoms with E-state index in [0.717, 1.165) is 0 Å². The number of sulfonamides is 1. The van der Waals surface area contributed by atoms with Crippen LogP contribution in [-0.4, -0.2) is 44.3 Å². The van der Waals surface area contributed by atoms with Gasteiger partial charge >= 0.3 is 5.97 Å². The van der Waals surface area contributed by atoms with Gasteiger partial charge in [0.25, 0.3) is 0 Å². The summed E-state index contributed by atoms with van der Waals surface area (Å²) in [6.45, 7) is 6.04. The Labute approximate surface area is 153 Å². The molecule has 1 aromatic rings. The van der Waals surface area contributed by atoms with Crippen LogP contribution in [0.3, 0.4) is 0 Å². The first-order valence-corrected chi connectivity index (χ1v) is 10.2. The fourth-order valence-electron chi connectivity index (χ4n) is 3.47. The van der Waals surface area contributed by atoms with E-state index in [0.29, 0.717) is 30.6 Å². The lowest BCUT2D eigenvalue weighted by molar-refractivity contribution is -0.149. The molecule has 0 aliphatic carbocycles. The Balaban J connectivity index is 1.88. The van der Waals surface area contributed by atoms with Gasteiger partial charge in [0.2, 0.25) is 15.9 Å². The molecule has 8 heteroatoms. The standard InChI is InChI=1S/C18H24N2O5S/c1-4-25-16(21)12-6-5-9-20(11-12)26(23,24)13-7-8-15-14(10-13)18(2,3)17(22)19-15/h7-8,10,12H,4-6,9,11H2,1-3H3,(H,19,22). The molecular weight excluding hydrogens is 356 g/mol. The summed E-state index contributed by atoms with van der Waals surface area (Å²) in [6, 6.07) is 4.70. The molecule has 1 unspecified atom stereocenters. The van der Waals surface area contributed by atoms with Crippen LogP contribution >= 0.6 is 0 Å². The van der Waals surface area contributed by atoms with Crippen LogP contribution in [0.1, 0.15) is 39.2 Å². The van der Waals surface area contributed by atoms with Gasteiger partial charge in [-0.3, -0.25) is 9.59 Å². The van der Waals surface area contributed by atoms with Crippen LogP contribution in [0.4, 0.5) is 5.69 Å². The van der Waals surface area contributed by atoms with Gasteiger partial charge in [-0.2, -0.15) is 4.31 Å². The number of esters is 1. The van der Waals surface area contributed by atoms with Crippen LogP contribution in [0.2, 0.25) is 0 Å². The zero-order valence-electron chi connectivity index (χ0n) is 15.2. The molecule has 0 aromatic heterocycles. The normalized spacial score (nSPS) is 22.6. The Bertz CT molecular complexity index is 847. The van der Waals surface area contributed by atoms with Gasteiger partial charge in [0, 0.05) is 18.8 Å². The first-order valence-electron chi connectivity index (χ1n) is 8.80. The molecule has 0 radical (unpaired) electrons. The zero-order valence-corrected chi connectivity index (χ0v) is 16.1. The average molecular weight is 380 g/mol. The predicted octanol–water partition coefficient (Wildman–Crippen LogP) is 1.88. The summed E-state index contributed by atoms with van der Waals surface area (Å²) in [5, 5.41) is 2.77. The first kappa shape index (κ1) is 18.8. The average Bonchev–Trinajstić information content (AvgIpc) is 2.84. The van der Waals surface area contributed by atoms with E-state index in [2.05, 4.69) is 5.32 Å². The molecule has 1 N–H and O–H groups in total. The SMILES string of the molecule is CCOC(=O)C1CCCN(S(=O)(=O)c2ccc3c(c2)C(C)(C)C(=O)N3)C1. The minimum atomic E-state index is -3.75. The van der Waals surface area contributed by atoms with Gasteiger partial charge < -0.3 is 10.1 Å². The second kappa shape index (κ2) is 6.66. The van der Waals surface area contributed by atoms with Crippen molar-refractivity contribution in [3.05, 3.63) is 23.8 Å². The Hall–Kier alpha value is -1.93. The number of nitrogens with one attached hydrogen (secondary N) is 1. The third-order valence-electron chi connectivity index (χ3n) is 5.12. The number of benzene rings is 1. The largest absolute Gasteiger partial charge is 0.466 e. The number of amides is 1. The lowest BCUT2D eigenvalue weighted by atomic mass is 9.86. The number of carbonyl (C=O) groups is 2. The predicted molar refractivity (Wildman–Crippen MR) is 96.2 cm³/mol. The van der Waals surface area contributed by atoms with Gasteiger partial charge in [-0.1, -0.05) is 0 Å². The van der Waals surface area contributed by atoms with Gasteiger partial charge in [0.15, 0.2) is 0 Å². The molecule has 0 spiro atoms. The number of ether oxygens (including phenoxy) is 1. The van der Waals surface area contributed by atoms with E-state index in [1.54, 1.807) is 32.9 Å². The van der Waals surface area contributed by atoms with Crippen LogP contribution in [-0.2, 0) is 29.8 Å². The van der Waals surface area contributed by atoms with Gasteiger partial charge in [-0.05, 0) is 57.4 Å². The number of anilines is 1. The highest BCUT2D eigenvalue weighted by molar-refractivity contribution is 7.89. The summed E-state index contributed by atoms with van der Waals surface area (Å²) in [5.41, 5.74) is 0.528. The number of hydrogen-bond donors (Lipinski definition) is 1. The summed E-state index contributed by atoms with van der Waals surface area (Å²) in [6.07, 6.45) is 1.24. The molecule has 1 amide bonds. The Morgan fingerprint density at radius 1 is 1.38 bits per heavy atom. The van der Waals surface area contributed by atoms with Crippen LogP contribution in [0.15, 0.2) is 23.1 Å². The molecule has 2 aliphatic heterocycles. The fraction of sp³-hybridized carbons (Fsp3) is 0.556. The maximum Gasteiger partial charge on any atom is 0.310 e. The number of nitrogens with zero attached hydrogens (tertiary/aromatic N) is 1. The van der Waals surface area contributed by atoms with E-state index in [9.17, 15) is 18.0 Å². The Kier molecular flexibility index (Phi) is 4.83. The second-order valence-corrected chi connectivity index (χ2v) is 9.18. The molecule has 0 saturated carbocycles. The summed E-state index contributed by atoms with van der Waals surface area (Å²) < 4.78 is 32.5. The van der Waals surface area contributed by atoms with Crippen molar-refractivity contribution in [2.24, 2.45) is 5.92 Å². The van der Waals surface area contributed by atoms with Gasteiger partial charge in [-0.25, -0.2) is 8.42 Å². The van der Waals surface area contributed by atoms with Crippen molar-refractivity contribution >= 4 is 27.6 Å². The molecule has 0 bridgehead atoms. The van der Waals surface area contributed by atoms with Gasteiger partial charge in [-0.15, -0.1) is 0 Å². The van der Waals surface area contributed by atoms with Crippen molar-refractivity contribution in [1.29, 1.82) is 0 Å². The number of carbonyl (C=O) groups excluding carboxylic acids is 2. The maximum absolute atomic E-state index is 13.1. The van der Waals surface area contributed by atoms with Crippen molar-refractivity contribution < 1.29 is 22.7 Å². The molecule has 142 valence electrons. The lowest BCUT2D eigenvalue weighted by Gasteiger charge is -2.31. The zero-order chi connectivity index (χ0) is 19.1. The van der Waals surface area contributed by atoms with Crippen molar-refractivity contribution in [3.63, 3.8) is 0 Å². The number of fused-ring (bicyclic) bond motifs is 1. The van der Waals surface area contributed by atoms with E-state index in [-0.39, 0.29) is 29.9 Å². The van der Waals surface area contributed by atoms with Gasteiger partial charge in [0.05, 0.1) is 22.8 Å². The van der Waals surface area contributed by atoms with E-state index in [1.807, 2.05) is 0 Å². The summed E-state index contributed by atoms with van der Waals surface area (Å²) in [4.78, 5) is 24.2. The third kappa shape index (κ3) is 3.12. The van der Waals surface area contributed by atoms with E-state index in [1.165, 1.54) is 10.4 Å². The van der Waals surface area contributed by atoms with Crippen LogP contribution < -0.4 is 5.32 Å². The summed E-state index contributed by atoms with van der Waals surface area (Å²) in [7, 11) is -3.75. The molecule has 7 nitrogen and oxygen atoms in total. The molecule has 1 atom stereocenters. The first-order chi connectivity index (χ1) is 12.2. The summed E-state index contributed by atoms with van der Waals surface area (Å²) in [5.74, 6) is -0.938. The van der Waals surface area contributed by atoms with E-state index < -0.39 is 21.4 Å². The molecule has 2 aliphatic rings. The van der Waals surface area contributed by atoms with E-state index in [4.69, 9.17) is 4.74 Å². The molecule has 26 heavy (non-hydrogen) atoms. The highest BCUT2D eigenvalue weighted by Crippen LogP contribution is 2.39. The minimum Gasteiger partial charge on any atom is -0.466 e. The van der Waals surface area contributed by atoms with Crippen molar-refractivity contribution in [2.75, 3.05) is 25.0 Å². The fourth-order valence-corrected chi connectivity index (χ4v) is 5.02. The maximum atomic E-state index is 13.1. The topological polar surface area (TPSA) is 92.8 Å². The van der Waals surface area contributed by atoms with Crippen LogP contribution in [0.5, 0.6) is 0 Å². The molecular formula is C18H24N2O5S. The molecule has 2 heterocycles. The van der Waals surface area contributed by atoms with Crippen LogP contribution in [0, 0.1) is 5.92 Å². The minimum absolute atomic E-state index is 0.124. The van der Waals surface area contributed by atoms with Crippen LogP contribution in [0.25, 0.3) is 0 Å². The van der Waals surface area contributed by atoms with E-state index >= 15 is 0 Å². The molecule has 3 rings (SSSR count). The Morgan fingerprint density at radius 3 is 2.81 bits per heavy atom. The van der Waals surface area contributed by atoms with Crippen molar-refractivity contribution in [1.82, 2.24) is 4.31 Å². The van der Waals surface area contributed by atoms with Crippen molar-refractivity contribution in [2.45, 2.75) is 43.9 Å². The monoisotopic (exact) mass is 380 g/mol. The molecule has 1 saturated heterocycles. The Morgan fingerprint density at radius 2 is 2.12 bits per heavy atom. The summed E-state index contributed by atoms with van der Waals surface area (Å²) >= 11 is 0. The lowest BCUT2D eigenvalue weighted by Crippen LogP contribution is -2.42. The van der Waals surface area contributed by atoms with Gasteiger partial charge in [0.1, 0.15) is 0 Å². The van der Waals surface area contributed by atoms with Crippen molar-refractivity contribution in [3.8, 4) is 0 Å². The molecule has 1 aromatic carbocycles.